The lowest BCUT2D eigenvalue weighted by molar-refractivity contribution is 0.0884. The van der Waals surface area contributed by atoms with Crippen molar-refractivity contribution < 1.29 is 5.11 Å². The number of nitrogens with one attached hydrogen (secondary N) is 1. The molecule has 1 aromatic carbocycles. The van der Waals surface area contributed by atoms with Crippen molar-refractivity contribution in [3.63, 3.8) is 0 Å². The minimum atomic E-state index is -0.284. The number of piperidine rings is 1. The standard InChI is InChI=1S/C13H19NO.ClH/c1-10-4-2-3-5-12(10)13(15)11-6-8-14-9-7-11;/h2-5,11,13-15H,6-9H2,1H3;1H. The molecule has 1 fully saturated rings. The van der Waals surface area contributed by atoms with Crippen molar-refractivity contribution in [2.75, 3.05) is 13.1 Å². The van der Waals surface area contributed by atoms with Crippen LogP contribution >= 0.6 is 12.4 Å². The Bertz CT molecular complexity index is 323. The maximum atomic E-state index is 10.3. The van der Waals surface area contributed by atoms with Crippen LogP contribution in [0, 0.1) is 12.8 Å². The molecule has 1 aromatic rings. The summed E-state index contributed by atoms with van der Waals surface area (Å²) in [5, 5.41) is 13.6. The number of aryl methyl sites for hydroxylation is 1. The Morgan fingerprint density at radius 2 is 1.88 bits per heavy atom. The van der Waals surface area contributed by atoms with Gasteiger partial charge >= 0.3 is 0 Å². The van der Waals surface area contributed by atoms with E-state index in [4.69, 9.17) is 0 Å². The third kappa shape index (κ3) is 2.97. The highest BCUT2D eigenvalue weighted by molar-refractivity contribution is 5.85. The molecule has 90 valence electrons. The van der Waals surface area contributed by atoms with E-state index in [1.807, 2.05) is 18.2 Å². The average molecular weight is 242 g/mol. The third-order valence-electron chi connectivity index (χ3n) is 3.34. The van der Waals surface area contributed by atoms with Gasteiger partial charge in [0.2, 0.25) is 0 Å². The summed E-state index contributed by atoms with van der Waals surface area (Å²) in [6.45, 7) is 4.14. The predicted octanol–water partition coefficient (Wildman–Crippen LogP) is 2.45. The maximum absolute atomic E-state index is 10.3. The molecule has 0 spiro atoms. The van der Waals surface area contributed by atoms with Crippen LogP contribution in [0.25, 0.3) is 0 Å². The molecule has 0 saturated carbocycles. The van der Waals surface area contributed by atoms with Crippen LogP contribution < -0.4 is 5.32 Å². The van der Waals surface area contributed by atoms with Crippen LogP contribution in [0.3, 0.4) is 0 Å². The van der Waals surface area contributed by atoms with Crippen LogP contribution in [0.15, 0.2) is 24.3 Å². The fraction of sp³-hybridized carbons (Fsp3) is 0.538. The summed E-state index contributed by atoms with van der Waals surface area (Å²) in [4.78, 5) is 0. The van der Waals surface area contributed by atoms with Gasteiger partial charge in [-0.3, -0.25) is 0 Å². The maximum Gasteiger partial charge on any atom is 0.0821 e. The molecule has 1 saturated heterocycles. The van der Waals surface area contributed by atoms with Gasteiger partial charge in [0.1, 0.15) is 0 Å². The predicted molar refractivity (Wildman–Crippen MR) is 69.0 cm³/mol. The van der Waals surface area contributed by atoms with E-state index in [0.717, 1.165) is 31.5 Å². The van der Waals surface area contributed by atoms with E-state index in [1.54, 1.807) is 0 Å². The quantitative estimate of drug-likeness (QED) is 0.834. The minimum Gasteiger partial charge on any atom is -0.388 e. The van der Waals surface area contributed by atoms with Gasteiger partial charge in [0.15, 0.2) is 0 Å². The third-order valence-corrected chi connectivity index (χ3v) is 3.34. The number of hydrogen-bond acceptors (Lipinski definition) is 2. The Hall–Kier alpha value is -0.570. The first-order valence-electron chi connectivity index (χ1n) is 5.73. The summed E-state index contributed by atoms with van der Waals surface area (Å²) in [6, 6.07) is 8.14. The largest absolute Gasteiger partial charge is 0.388 e. The van der Waals surface area contributed by atoms with Crippen molar-refractivity contribution in [3.8, 4) is 0 Å². The molecule has 0 aromatic heterocycles. The lowest BCUT2D eigenvalue weighted by Gasteiger charge is -2.28. The Labute approximate surface area is 103 Å². The van der Waals surface area contributed by atoms with E-state index in [9.17, 15) is 5.11 Å². The number of aliphatic hydroxyl groups excluding tert-OH is 1. The van der Waals surface area contributed by atoms with Gasteiger partial charge in [0, 0.05) is 0 Å². The first-order valence-corrected chi connectivity index (χ1v) is 5.73. The van der Waals surface area contributed by atoms with E-state index in [2.05, 4.69) is 18.3 Å². The molecule has 1 aliphatic heterocycles. The average Bonchev–Trinajstić information content (AvgIpc) is 2.30. The van der Waals surface area contributed by atoms with E-state index in [0.29, 0.717) is 5.92 Å². The molecule has 0 radical (unpaired) electrons. The zero-order chi connectivity index (χ0) is 10.7. The summed E-state index contributed by atoms with van der Waals surface area (Å²) in [6.07, 6.45) is 1.87. The Balaban J connectivity index is 0.00000128. The molecule has 1 aliphatic rings. The highest BCUT2D eigenvalue weighted by atomic mass is 35.5. The Morgan fingerprint density at radius 3 is 2.50 bits per heavy atom. The van der Waals surface area contributed by atoms with Gasteiger partial charge in [0.05, 0.1) is 6.10 Å². The van der Waals surface area contributed by atoms with Gasteiger partial charge in [0.25, 0.3) is 0 Å². The van der Waals surface area contributed by atoms with Crippen molar-refractivity contribution in [1.82, 2.24) is 5.32 Å². The molecule has 16 heavy (non-hydrogen) atoms. The van der Waals surface area contributed by atoms with Crippen LogP contribution in [-0.4, -0.2) is 18.2 Å². The summed E-state index contributed by atoms with van der Waals surface area (Å²) in [7, 11) is 0. The van der Waals surface area contributed by atoms with Crippen molar-refractivity contribution in [1.29, 1.82) is 0 Å². The first kappa shape index (κ1) is 13.5. The molecular weight excluding hydrogens is 222 g/mol. The van der Waals surface area contributed by atoms with Crippen LogP contribution in [-0.2, 0) is 0 Å². The molecule has 0 aliphatic carbocycles. The fourth-order valence-corrected chi connectivity index (χ4v) is 2.33. The molecule has 2 nitrogen and oxygen atoms in total. The molecule has 1 atom stereocenters. The van der Waals surface area contributed by atoms with Gasteiger partial charge < -0.3 is 10.4 Å². The normalized spacial score (nSPS) is 18.9. The number of rotatable bonds is 2. The number of aliphatic hydroxyl groups is 1. The van der Waals surface area contributed by atoms with Crippen LogP contribution in [0.2, 0.25) is 0 Å². The number of halogens is 1. The van der Waals surface area contributed by atoms with Gasteiger partial charge in [-0.2, -0.15) is 0 Å². The van der Waals surface area contributed by atoms with E-state index in [1.165, 1.54) is 5.56 Å². The molecular formula is C13H20ClNO. The van der Waals surface area contributed by atoms with Crippen LogP contribution in [0.4, 0.5) is 0 Å². The van der Waals surface area contributed by atoms with Gasteiger partial charge in [-0.25, -0.2) is 0 Å². The molecule has 2 N–H and O–H groups in total. The molecule has 2 rings (SSSR count). The highest BCUT2D eigenvalue weighted by Gasteiger charge is 2.23. The zero-order valence-corrected chi connectivity index (χ0v) is 10.5. The lowest BCUT2D eigenvalue weighted by Crippen LogP contribution is -2.31. The highest BCUT2D eigenvalue weighted by Crippen LogP contribution is 2.30. The smallest absolute Gasteiger partial charge is 0.0821 e. The molecule has 1 unspecified atom stereocenters. The summed E-state index contributed by atoms with van der Waals surface area (Å²) >= 11 is 0. The molecule has 0 bridgehead atoms. The topological polar surface area (TPSA) is 32.3 Å². The van der Waals surface area contributed by atoms with Crippen molar-refractivity contribution in [3.05, 3.63) is 35.4 Å². The first-order chi connectivity index (χ1) is 7.29. The fourth-order valence-electron chi connectivity index (χ4n) is 2.33. The second-order valence-corrected chi connectivity index (χ2v) is 4.39. The van der Waals surface area contributed by atoms with Crippen LogP contribution in [0.5, 0.6) is 0 Å². The second kappa shape index (κ2) is 6.24. The van der Waals surface area contributed by atoms with Crippen molar-refractivity contribution in [2.45, 2.75) is 25.9 Å². The van der Waals surface area contributed by atoms with Gasteiger partial charge in [-0.05, 0) is 49.9 Å². The lowest BCUT2D eigenvalue weighted by atomic mass is 9.86. The van der Waals surface area contributed by atoms with Crippen molar-refractivity contribution >= 4 is 12.4 Å². The zero-order valence-electron chi connectivity index (χ0n) is 9.65. The Kier molecular flexibility index (Phi) is 5.26. The minimum absolute atomic E-state index is 0. The Morgan fingerprint density at radius 1 is 1.25 bits per heavy atom. The molecule has 1 heterocycles. The van der Waals surface area contributed by atoms with Gasteiger partial charge in [-0.15, -0.1) is 12.4 Å². The number of benzene rings is 1. The number of hydrogen-bond donors (Lipinski definition) is 2. The van der Waals surface area contributed by atoms with E-state index >= 15 is 0 Å². The van der Waals surface area contributed by atoms with Gasteiger partial charge in [-0.1, -0.05) is 24.3 Å². The summed E-state index contributed by atoms with van der Waals surface area (Å²) in [5.41, 5.74) is 2.30. The summed E-state index contributed by atoms with van der Waals surface area (Å²) < 4.78 is 0. The van der Waals surface area contributed by atoms with E-state index < -0.39 is 0 Å². The molecule has 0 amide bonds. The van der Waals surface area contributed by atoms with Crippen LogP contribution in [0.1, 0.15) is 30.1 Å². The monoisotopic (exact) mass is 241 g/mol. The van der Waals surface area contributed by atoms with Crippen molar-refractivity contribution in [2.24, 2.45) is 5.92 Å². The summed E-state index contributed by atoms with van der Waals surface area (Å²) in [5.74, 6) is 0.423. The molecule has 3 heteroatoms. The second-order valence-electron chi connectivity index (χ2n) is 4.39. The SMILES string of the molecule is Cc1ccccc1C(O)C1CCNCC1.Cl. The van der Waals surface area contributed by atoms with E-state index in [-0.39, 0.29) is 18.5 Å².